The fourth-order valence-electron chi connectivity index (χ4n) is 3.94. The molecule has 6 heteroatoms. The zero-order valence-electron chi connectivity index (χ0n) is 21.2. The molecule has 0 spiro atoms. The quantitative estimate of drug-likeness (QED) is 0.308. The van der Waals surface area contributed by atoms with Gasteiger partial charge in [-0.3, -0.25) is 9.59 Å². The first-order valence-corrected chi connectivity index (χ1v) is 12.8. The number of carbonyl (C=O) groups is 2. The number of benzene rings is 3. The third-order valence-corrected chi connectivity index (χ3v) is 6.19. The van der Waals surface area contributed by atoms with Gasteiger partial charge in [0.1, 0.15) is 11.8 Å². The lowest BCUT2D eigenvalue weighted by atomic mass is 10.0. The lowest BCUT2D eigenvalue weighted by molar-refractivity contribution is -0.141. The molecule has 3 rings (SSSR count). The molecule has 1 atom stereocenters. The number of nitrogens with zero attached hydrogens (tertiary/aromatic N) is 1. The van der Waals surface area contributed by atoms with Gasteiger partial charge in [-0.05, 0) is 56.5 Å². The van der Waals surface area contributed by atoms with Crippen LogP contribution in [0, 0.1) is 6.92 Å². The number of aryl methyl sites for hydroxylation is 1. The highest BCUT2D eigenvalue weighted by molar-refractivity contribution is 6.31. The van der Waals surface area contributed by atoms with E-state index in [1.807, 2.05) is 93.6 Å². The molecule has 0 aromatic heterocycles. The molecular weight excluding hydrogens is 472 g/mol. The van der Waals surface area contributed by atoms with Crippen LogP contribution < -0.4 is 10.1 Å². The van der Waals surface area contributed by atoms with Crippen LogP contribution in [0.3, 0.4) is 0 Å². The minimum Gasteiger partial charge on any atom is -0.494 e. The second-order valence-corrected chi connectivity index (χ2v) is 9.65. The zero-order chi connectivity index (χ0) is 25.9. The monoisotopic (exact) mass is 506 g/mol. The Morgan fingerprint density at radius 2 is 1.61 bits per heavy atom. The molecule has 0 aliphatic rings. The van der Waals surface area contributed by atoms with Crippen LogP contribution in [-0.4, -0.2) is 35.4 Å². The Morgan fingerprint density at radius 3 is 2.28 bits per heavy atom. The van der Waals surface area contributed by atoms with E-state index >= 15 is 0 Å². The molecule has 3 aromatic rings. The van der Waals surface area contributed by atoms with Gasteiger partial charge >= 0.3 is 0 Å². The van der Waals surface area contributed by atoms with Gasteiger partial charge in [0.05, 0.1) is 6.61 Å². The summed E-state index contributed by atoms with van der Waals surface area (Å²) in [5.41, 5.74) is 2.96. The standard InChI is InChI=1S/C30H35ClN2O3/c1-22(2)32-30(35)28(20-24-10-5-4-6-11-24)33(21-25-12-7-8-13-27(25)31)29(34)14-9-19-36-26-17-15-23(3)16-18-26/h4-8,10-13,15-18,22,28H,9,14,19-21H2,1-3H3,(H,32,35). The highest BCUT2D eigenvalue weighted by atomic mass is 35.5. The molecule has 2 amide bonds. The Morgan fingerprint density at radius 1 is 0.944 bits per heavy atom. The fourth-order valence-corrected chi connectivity index (χ4v) is 4.13. The van der Waals surface area contributed by atoms with Crippen LogP contribution in [-0.2, 0) is 22.6 Å². The summed E-state index contributed by atoms with van der Waals surface area (Å²) in [6.07, 6.45) is 1.21. The third-order valence-electron chi connectivity index (χ3n) is 5.83. The van der Waals surface area contributed by atoms with Gasteiger partial charge in [-0.25, -0.2) is 0 Å². The number of halogens is 1. The van der Waals surface area contributed by atoms with Crippen LogP contribution in [0.15, 0.2) is 78.9 Å². The molecule has 5 nitrogen and oxygen atoms in total. The first-order chi connectivity index (χ1) is 17.3. The largest absolute Gasteiger partial charge is 0.494 e. The molecule has 1 unspecified atom stereocenters. The van der Waals surface area contributed by atoms with Crippen molar-refractivity contribution in [1.29, 1.82) is 0 Å². The highest BCUT2D eigenvalue weighted by Crippen LogP contribution is 2.21. The molecule has 36 heavy (non-hydrogen) atoms. The average Bonchev–Trinajstić information content (AvgIpc) is 2.86. The van der Waals surface area contributed by atoms with E-state index in [9.17, 15) is 9.59 Å². The van der Waals surface area contributed by atoms with Crippen molar-refractivity contribution >= 4 is 23.4 Å². The van der Waals surface area contributed by atoms with Crippen LogP contribution in [0.25, 0.3) is 0 Å². The topological polar surface area (TPSA) is 58.6 Å². The molecule has 190 valence electrons. The number of rotatable bonds is 12. The predicted molar refractivity (Wildman–Crippen MR) is 145 cm³/mol. The Balaban J connectivity index is 1.79. The number of hydrogen-bond acceptors (Lipinski definition) is 3. The van der Waals surface area contributed by atoms with Gasteiger partial charge in [0.2, 0.25) is 11.8 Å². The van der Waals surface area contributed by atoms with E-state index in [0.29, 0.717) is 24.5 Å². The van der Waals surface area contributed by atoms with Crippen molar-refractivity contribution in [2.75, 3.05) is 6.61 Å². The number of nitrogens with one attached hydrogen (secondary N) is 1. The van der Waals surface area contributed by atoms with E-state index in [1.54, 1.807) is 11.0 Å². The van der Waals surface area contributed by atoms with E-state index in [0.717, 1.165) is 22.4 Å². The first kappa shape index (κ1) is 27.3. The number of hydrogen-bond donors (Lipinski definition) is 1. The molecule has 0 bridgehead atoms. The summed E-state index contributed by atoms with van der Waals surface area (Å²) in [4.78, 5) is 28.6. The normalized spacial score (nSPS) is 11.7. The summed E-state index contributed by atoms with van der Waals surface area (Å²) in [6, 6.07) is 24.3. The van der Waals surface area contributed by atoms with Crippen molar-refractivity contribution in [3.05, 3.63) is 101 Å². The van der Waals surface area contributed by atoms with Crippen molar-refractivity contribution in [2.24, 2.45) is 0 Å². The van der Waals surface area contributed by atoms with Gasteiger partial charge in [0.25, 0.3) is 0 Å². The maximum Gasteiger partial charge on any atom is 0.243 e. The maximum absolute atomic E-state index is 13.6. The van der Waals surface area contributed by atoms with E-state index in [1.165, 1.54) is 0 Å². The summed E-state index contributed by atoms with van der Waals surface area (Å²) in [7, 11) is 0. The summed E-state index contributed by atoms with van der Waals surface area (Å²) in [5.74, 6) is 0.492. The summed E-state index contributed by atoms with van der Waals surface area (Å²) in [6.45, 7) is 6.52. The number of amides is 2. The van der Waals surface area contributed by atoms with Crippen LogP contribution in [0.5, 0.6) is 5.75 Å². The lowest BCUT2D eigenvalue weighted by Gasteiger charge is -2.32. The summed E-state index contributed by atoms with van der Waals surface area (Å²) in [5, 5.41) is 3.57. The van der Waals surface area contributed by atoms with E-state index < -0.39 is 6.04 Å². The van der Waals surface area contributed by atoms with Crippen molar-refractivity contribution in [3.8, 4) is 5.75 Å². The highest BCUT2D eigenvalue weighted by Gasteiger charge is 2.30. The van der Waals surface area contributed by atoms with Crippen molar-refractivity contribution in [2.45, 2.75) is 58.7 Å². The smallest absolute Gasteiger partial charge is 0.243 e. The Kier molecular flexibility index (Phi) is 10.4. The van der Waals surface area contributed by atoms with Crippen LogP contribution in [0.4, 0.5) is 0 Å². The second kappa shape index (κ2) is 13.7. The molecule has 0 heterocycles. The van der Waals surface area contributed by atoms with E-state index in [-0.39, 0.29) is 30.8 Å². The number of carbonyl (C=O) groups excluding carboxylic acids is 2. The predicted octanol–water partition coefficient (Wildman–Crippen LogP) is 5.97. The van der Waals surface area contributed by atoms with Crippen molar-refractivity contribution < 1.29 is 14.3 Å². The second-order valence-electron chi connectivity index (χ2n) is 9.25. The van der Waals surface area contributed by atoms with Gasteiger partial charge in [0, 0.05) is 30.5 Å². The van der Waals surface area contributed by atoms with Crippen LogP contribution >= 0.6 is 11.6 Å². The molecule has 1 N–H and O–H groups in total. The fraction of sp³-hybridized carbons (Fsp3) is 0.333. The molecule has 0 saturated heterocycles. The SMILES string of the molecule is Cc1ccc(OCCCC(=O)N(Cc2ccccc2Cl)C(Cc2ccccc2)C(=O)NC(C)C)cc1. The lowest BCUT2D eigenvalue weighted by Crippen LogP contribution is -2.51. The zero-order valence-corrected chi connectivity index (χ0v) is 22.0. The Labute approximate surface area is 219 Å². The maximum atomic E-state index is 13.6. The number of ether oxygens (including phenoxy) is 1. The first-order valence-electron chi connectivity index (χ1n) is 12.4. The Hall–Kier alpha value is -3.31. The van der Waals surface area contributed by atoms with E-state index in [2.05, 4.69) is 5.32 Å². The molecule has 0 radical (unpaired) electrons. The minimum absolute atomic E-state index is 0.0454. The molecular formula is C30H35ClN2O3. The minimum atomic E-state index is -0.670. The van der Waals surface area contributed by atoms with Crippen LogP contribution in [0.1, 0.15) is 43.4 Å². The Bertz CT molecular complexity index is 1120. The van der Waals surface area contributed by atoms with E-state index in [4.69, 9.17) is 16.3 Å². The van der Waals surface area contributed by atoms with Crippen molar-refractivity contribution in [3.63, 3.8) is 0 Å². The molecule has 0 fully saturated rings. The molecule has 0 aliphatic carbocycles. The summed E-state index contributed by atoms with van der Waals surface area (Å²) < 4.78 is 5.81. The third kappa shape index (κ3) is 8.42. The van der Waals surface area contributed by atoms with Gasteiger partial charge in [-0.1, -0.05) is 77.8 Å². The van der Waals surface area contributed by atoms with Gasteiger partial charge in [-0.2, -0.15) is 0 Å². The molecule has 0 saturated carbocycles. The van der Waals surface area contributed by atoms with Gasteiger partial charge in [0.15, 0.2) is 0 Å². The summed E-state index contributed by atoms with van der Waals surface area (Å²) >= 11 is 6.45. The molecule has 3 aromatic carbocycles. The molecule has 0 aliphatic heterocycles. The average molecular weight is 507 g/mol. The van der Waals surface area contributed by atoms with Crippen molar-refractivity contribution in [1.82, 2.24) is 10.2 Å². The van der Waals surface area contributed by atoms with Gasteiger partial charge in [-0.15, -0.1) is 0 Å². The van der Waals surface area contributed by atoms with Gasteiger partial charge < -0.3 is 15.0 Å². The van der Waals surface area contributed by atoms with Crippen LogP contribution in [0.2, 0.25) is 5.02 Å².